The van der Waals surface area contributed by atoms with Crippen molar-refractivity contribution in [3.05, 3.63) is 94.5 Å². The summed E-state index contributed by atoms with van der Waals surface area (Å²) in [4.78, 5) is 28.7. The van der Waals surface area contributed by atoms with Gasteiger partial charge in [-0.1, -0.05) is 85.6 Å². The summed E-state index contributed by atoms with van der Waals surface area (Å²) in [6, 6.07) is 20.6. The molecule has 0 bridgehead atoms. The van der Waals surface area contributed by atoms with Crippen LogP contribution >= 0.6 is 23.2 Å². The van der Waals surface area contributed by atoms with Crippen molar-refractivity contribution < 1.29 is 18.0 Å². The number of sulfonamides is 1. The van der Waals surface area contributed by atoms with E-state index >= 15 is 0 Å². The van der Waals surface area contributed by atoms with Crippen molar-refractivity contribution in [1.82, 2.24) is 10.2 Å². The van der Waals surface area contributed by atoms with Crippen molar-refractivity contribution in [1.29, 1.82) is 0 Å². The third-order valence-corrected chi connectivity index (χ3v) is 8.55. The van der Waals surface area contributed by atoms with Crippen molar-refractivity contribution >= 4 is 50.7 Å². The molecule has 3 aromatic rings. The Hall–Kier alpha value is -3.07. The quantitative estimate of drug-likeness (QED) is 0.284. The van der Waals surface area contributed by atoms with Gasteiger partial charge in [-0.05, 0) is 55.7 Å². The van der Waals surface area contributed by atoms with E-state index < -0.39 is 28.5 Å². The molecule has 0 aliphatic heterocycles. The van der Waals surface area contributed by atoms with Crippen LogP contribution < -0.4 is 9.62 Å². The van der Waals surface area contributed by atoms with Crippen molar-refractivity contribution in [2.75, 3.05) is 10.8 Å². The molecule has 0 fully saturated rings. The summed E-state index contributed by atoms with van der Waals surface area (Å²) in [5, 5.41) is 3.40. The van der Waals surface area contributed by atoms with Gasteiger partial charge in [0.05, 0.1) is 10.6 Å². The maximum atomic E-state index is 14.0. The van der Waals surface area contributed by atoms with Crippen LogP contribution in [-0.4, -0.2) is 43.8 Å². The van der Waals surface area contributed by atoms with Crippen LogP contribution in [0.5, 0.6) is 0 Å². The first kappa shape index (κ1) is 30.5. The minimum atomic E-state index is -4.20. The molecule has 2 amide bonds. The molecule has 208 valence electrons. The zero-order valence-corrected chi connectivity index (χ0v) is 24.5. The van der Waals surface area contributed by atoms with Crippen LogP contribution in [0.1, 0.15) is 39.2 Å². The predicted molar refractivity (Wildman–Crippen MR) is 156 cm³/mol. The Morgan fingerprint density at radius 2 is 1.44 bits per heavy atom. The number of benzene rings is 3. The molecule has 2 atom stereocenters. The van der Waals surface area contributed by atoms with Gasteiger partial charge in [0.2, 0.25) is 11.8 Å². The maximum absolute atomic E-state index is 14.0. The Labute approximate surface area is 240 Å². The minimum Gasteiger partial charge on any atom is -0.352 e. The molecule has 0 aliphatic carbocycles. The number of amides is 2. The number of rotatable bonds is 12. The van der Waals surface area contributed by atoms with Crippen LogP contribution in [0.15, 0.2) is 83.8 Å². The number of nitrogens with one attached hydrogen (secondary N) is 1. The number of carbonyl (C=O) groups excluding carboxylic acids is 2. The van der Waals surface area contributed by atoms with Gasteiger partial charge in [0, 0.05) is 22.6 Å². The van der Waals surface area contributed by atoms with E-state index in [0.29, 0.717) is 6.42 Å². The summed E-state index contributed by atoms with van der Waals surface area (Å²) in [6.45, 7) is 5.24. The molecule has 7 nitrogen and oxygen atoms in total. The van der Waals surface area contributed by atoms with Crippen LogP contribution in [0.3, 0.4) is 0 Å². The van der Waals surface area contributed by atoms with Gasteiger partial charge in [-0.15, -0.1) is 0 Å². The molecule has 0 saturated heterocycles. The normalized spacial score (nSPS) is 12.8. The molecule has 0 radical (unpaired) electrons. The van der Waals surface area contributed by atoms with Crippen molar-refractivity contribution in [3.63, 3.8) is 0 Å². The average Bonchev–Trinajstić information content (AvgIpc) is 2.91. The lowest BCUT2D eigenvalue weighted by molar-refractivity contribution is -0.140. The van der Waals surface area contributed by atoms with Gasteiger partial charge in [0.1, 0.15) is 12.6 Å². The van der Waals surface area contributed by atoms with Gasteiger partial charge in [-0.3, -0.25) is 13.9 Å². The molecule has 0 heterocycles. The summed E-state index contributed by atoms with van der Waals surface area (Å²) in [7, 11) is -4.20. The highest BCUT2D eigenvalue weighted by molar-refractivity contribution is 7.92. The maximum Gasteiger partial charge on any atom is 0.264 e. The van der Waals surface area contributed by atoms with E-state index in [0.717, 1.165) is 16.3 Å². The minimum absolute atomic E-state index is 0.00469. The second kappa shape index (κ2) is 13.8. The van der Waals surface area contributed by atoms with Crippen molar-refractivity contribution in [2.45, 2.75) is 57.1 Å². The van der Waals surface area contributed by atoms with Gasteiger partial charge >= 0.3 is 0 Å². The number of anilines is 1. The number of hydrogen-bond donors (Lipinski definition) is 1. The zero-order chi connectivity index (χ0) is 28.6. The van der Waals surface area contributed by atoms with Gasteiger partial charge in [0.25, 0.3) is 10.0 Å². The van der Waals surface area contributed by atoms with Crippen LogP contribution in [0, 0.1) is 0 Å². The highest BCUT2D eigenvalue weighted by Crippen LogP contribution is 2.30. The highest BCUT2D eigenvalue weighted by Gasteiger charge is 2.34. The molecule has 3 aromatic carbocycles. The Bertz CT molecular complexity index is 1350. The monoisotopic (exact) mass is 589 g/mol. The van der Waals surface area contributed by atoms with Crippen molar-refractivity contribution in [3.8, 4) is 0 Å². The first-order chi connectivity index (χ1) is 18.6. The molecule has 10 heteroatoms. The Balaban J connectivity index is 2.06. The van der Waals surface area contributed by atoms with Crippen LogP contribution in [0.25, 0.3) is 0 Å². The molecule has 0 spiro atoms. The Kier molecular flexibility index (Phi) is 10.8. The molecule has 0 aliphatic rings. The van der Waals surface area contributed by atoms with Crippen LogP contribution in [0.2, 0.25) is 10.0 Å². The van der Waals surface area contributed by atoms with E-state index in [1.807, 2.05) is 51.1 Å². The van der Waals surface area contributed by atoms with E-state index in [2.05, 4.69) is 5.32 Å². The number of halogens is 2. The highest BCUT2D eigenvalue weighted by atomic mass is 35.5. The van der Waals surface area contributed by atoms with Crippen molar-refractivity contribution in [2.24, 2.45) is 0 Å². The van der Waals surface area contributed by atoms with E-state index in [1.165, 1.54) is 35.2 Å². The standard InChI is InChI=1S/C29H33Cl2N3O4S/c1-4-21(3)32-29(36)27(5-2)33(19-22-12-8-6-9-13-22)28(35)20-34(25-17-23(30)16-24(31)18-25)39(37,38)26-14-10-7-11-15-26/h6-18,21,27H,4-5,19-20H2,1-3H3,(H,32,36)/t21-,27+/m0/s1. The summed E-state index contributed by atoms with van der Waals surface area (Å²) in [5.41, 5.74) is 0.949. The number of hydrogen-bond acceptors (Lipinski definition) is 4. The molecule has 3 rings (SSSR count). The van der Waals surface area contributed by atoms with E-state index in [-0.39, 0.29) is 39.1 Å². The predicted octanol–water partition coefficient (Wildman–Crippen LogP) is 5.91. The zero-order valence-electron chi connectivity index (χ0n) is 22.2. The fourth-order valence-electron chi connectivity index (χ4n) is 4.07. The van der Waals surface area contributed by atoms with Gasteiger partial charge in [0.15, 0.2) is 0 Å². The van der Waals surface area contributed by atoms with E-state index in [4.69, 9.17) is 23.2 Å². The average molecular weight is 591 g/mol. The van der Waals surface area contributed by atoms with E-state index in [1.54, 1.807) is 18.2 Å². The second-order valence-corrected chi connectivity index (χ2v) is 11.9. The van der Waals surface area contributed by atoms with Gasteiger partial charge in [-0.2, -0.15) is 0 Å². The third-order valence-electron chi connectivity index (χ3n) is 6.33. The molecule has 39 heavy (non-hydrogen) atoms. The molecule has 1 N–H and O–H groups in total. The van der Waals surface area contributed by atoms with Crippen LogP contribution in [0.4, 0.5) is 5.69 Å². The van der Waals surface area contributed by atoms with Crippen LogP contribution in [-0.2, 0) is 26.2 Å². The first-order valence-electron chi connectivity index (χ1n) is 12.7. The lowest BCUT2D eigenvalue weighted by Gasteiger charge is -2.33. The summed E-state index contributed by atoms with van der Waals surface area (Å²) >= 11 is 12.4. The number of nitrogens with zero attached hydrogens (tertiary/aromatic N) is 2. The molecular formula is C29H33Cl2N3O4S. The number of carbonyl (C=O) groups is 2. The molecular weight excluding hydrogens is 557 g/mol. The molecule has 0 aromatic heterocycles. The second-order valence-electron chi connectivity index (χ2n) is 9.20. The fourth-order valence-corrected chi connectivity index (χ4v) is 6.01. The largest absolute Gasteiger partial charge is 0.352 e. The Morgan fingerprint density at radius 3 is 1.97 bits per heavy atom. The van der Waals surface area contributed by atoms with E-state index in [9.17, 15) is 18.0 Å². The summed E-state index contributed by atoms with van der Waals surface area (Å²) in [6.07, 6.45) is 1.07. The smallest absolute Gasteiger partial charge is 0.264 e. The molecule has 0 unspecified atom stereocenters. The topological polar surface area (TPSA) is 86.8 Å². The first-order valence-corrected chi connectivity index (χ1v) is 14.9. The lowest BCUT2D eigenvalue weighted by Crippen LogP contribution is -2.53. The third kappa shape index (κ3) is 7.97. The fraction of sp³-hybridized carbons (Fsp3) is 0.310. The summed E-state index contributed by atoms with van der Waals surface area (Å²) in [5.74, 6) is -0.833. The SMILES string of the molecule is CC[C@H](C(=O)N[C@@H](C)CC)N(Cc1ccccc1)C(=O)CN(c1cc(Cl)cc(Cl)c1)S(=O)(=O)c1ccccc1. The lowest BCUT2D eigenvalue weighted by atomic mass is 10.1. The van der Waals surface area contributed by atoms with Gasteiger partial charge < -0.3 is 10.2 Å². The molecule has 0 saturated carbocycles. The Morgan fingerprint density at radius 1 is 0.872 bits per heavy atom. The van der Waals surface area contributed by atoms with Gasteiger partial charge in [-0.25, -0.2) is 8.42 Å². The summed E-state index contributed by atoms with van der Waals surface area (Å²) < 4.78 is 28.6.